The van der Waals surface area contributed by atoms with Crippen LogP contribution in [0.1, 0.15) is 20.8 Å². The van der Waals surface area contributed by atoms with Gasteiger partial charge in [-0.1, -0.05) is 0 Å². The Morgan fingerprint density at radius 3 is 2.36 bits per heavy atom. The highest BCUT2D eigenvalue weighted by Gasteiger charge is 2.16. The van der Waals surface area contributed by atoms with Crippen molar-refractivity contribution in [3.05, 3.63) is 42.6 Å². The average molecular weight is 300 g/mol. The van der Waals surface area contributed by atoms with E-state index in [4.69, 9.17) is 10.5 Å². The Hall–Kier alpha value is -2.76. The van der Waals surface area contributed by atoms with Crippen LogP contribution in [0.2, 0.25) is 0 Å². The number of anilines is 4. The Labute approximate surface area is 129 Å². The minimum atomic E-state index is -0.526. The van der Waals surface area contributed by atoms with Crippen molar-refractivity contribution in [3.8, 4) is 0 Å². The third-order valence-electron chi connectivity index (χ3n) is 2.63. The van der Waals surface area contributed by atoms with Crippen molar-refractivity contribution in [2.24, 2.45) is 0 Å². The topological polar surface area (TPSA) is 89.3 Å². The number of benzene rings is 1. The quantitative estimate of drug-likeness (QED) is 0.803. The second-order valence-corrected chi connectivity index (χ2v) is 5.77. The van der Waals surface area contributed by atoms with Gasteiger partial charge in [0.05, 0.1) is 5.69 Å². The van der Waals surface area contributed by atoms with E-state index in [1.54, 1.807) is 30.5 Å². The zero-order valence-corrected chi connectivity index (χ0v) is 12.9. The number of nitrogen functional groups attached to an aromatic ring is 1. The molecule has 0 atom stereocenters. The largest absolute Gasteiger partial charge is 0.444 e. The van der Waals surface area contributed by atoms with Crippen LogP contribution in [0.25, 0.3) is 0 Å². The lowest BCUT2D eigenvalue weighted by molar-refractivity contribution is 0.0636. The molecule has 0 radical (unpaired) electrons. The summed E-state index contributed by atoms with van der Waals surface area (Å²) in [5.41, 5.74) is 7.33. The first-order valence-corrected chi connectivity index (χ1v) is 6.91. The molecule has 0 bridgehead atoms. The molecule has 4 N–H and O–H groups in total. The van der Waals surface area contributed by atoms with Crippen molar-refractivity contribution in [2.75, 3.05) is 16.4 Å². The summed E-state index contributed by atoms with van der Waals surface area (Å²) in [6.07, 6.45) is 1.18. The summed E-state index contributed by atoms with van der Waals surface area (Å²) in [6, 6.07) is 10.7. The van der Waals surface area contributed by atoms with Gasteiger partial charge in [-0.2, -0.15) is 0 Å². The summed E-state index contributed by atoms with van der Waals surface area (Å²) in [5, 5.41) is 5.78. The van der Waals surface area contributed by atoms with E-state index in [9.17, 15) is 4.79 Å². The number of hydrogen-bond acceptors (Lipinski definition) is 5. The van der Waals surface area contributed by atoms with E-state index in [2.05, 4.69) is 15.6 Å². The van der Waals surface area contributed by atoms with E-state index in [-0.39, 0.29) is 0 Å². The Bertz CT molecular complexity index is 648. The second kappa shape index (κ2) is 6.34. The number of ether oxygens (including phenoxy) is 1. The molecule has 116 valence electrons. The third kappa shape index (κ3) is 4.66. The van der Waals surface area contributed by atoms with Crippen molar-refractivity contribution >= 4 is 29.0 Å². The zero-order valence-electron chi connectivity index (χ0n) is 12.9. The van der Waals surface area contributed by atoms with Gasteiger partial charge in [0.1, 0.15) is 5.60 Å². The maximum absolute atomic E-state index is 11.7. The number of hydrogen-bond donors (Lipinski definition) is 3. The normalized spacial score (nSPS) is 10.9. The summed E-state index contributed by atoms with van der Waals surface area (Å²) in [4.78, 5) is 15.8. The molecule has 0 aliphatic rings. The fraction of sp³-hybridized carbons (Fsp3) is 0.250. The molecular formula is C16H20N4O2. The molecule has 2 rings (SSSR count). The molecule has 6 nitrogen and oxygen atoms in total. The average Bonchev–Trinajstić information content (AvgIpc) is 2.41. The van der Waals surface area contributed by atoms with Gasteiger partial charge in [0.15, 0.2) is 5.82 Å². The van der Waals surface area contributed by atoms with E-state index in [1.807, 2.05) is 32.9 Å². The van der Waals surface area contributed by atoms with Crippen molar-refractivity contribution in [3.63, 3.8) is 0 Å². The van der Waals surface area contributed by atoms with E-state index >= 15 is 0 Å². The lowest BCUT2D eigenvalue weighted by atomic mass is 10.2. The zero-order chi connectivity index (χ0) is 16.2. The fourth-order valence-electron chi connectivity index (χ4n) is 1.72. The van der Waals surface area contributed by atoms with Crippen molar-refractivity contribution in [2.45, 2.75) is 26.4 Å². The molecule has 0 aliphatic carbocycles. The van der Waals surface area contributed by atoms with Crippen molar-refractivity contribution in [1.29, 1.82) is 0 Å². The third-order valence-corrected chi connectivity index (χ3v) is 2.63. The van der Waals surface area contributed by atoms with Crippen molar-refractivity contribution in [1.82, 2.24) is 4.98 Å². The smallest absolute Gasteiger partial charge is 0.412 e. The summed E-state index contributed by atoms with van der Waals surface area (Å²) in [5.74, 6) is 0.593. The van der Waals surface area contributed by atoms with E-state index < -0.39 is 11.7 Å². The lowest BCUT2D eigenvalue weighted by Crippen LogP contribution is -2.27. The first-order chi connectivity index (χ1) is 10.3. The minimum absolute atomic E-state index is 0.484. The molecule has 6 heteroatoms. The highest BCUT2D eigenvalue weighted by molar-refractivity contribution is 5.85. The van der Waals surface area contributed by atoms with Gasteiger partial charge in [0.2, 0.25) is 0 Å². The van der Waals surface area contributed by atoms with Crippen LogP contribution >= 0.6 is 0 Å². The predicted molar refractivity (Wildman–Crippen MR) is 88.2 cm³/mol. The molecule has 0 unspecified atom stereocenters. The first-order valence-electron chi connectivity index (χ1n) is 6.91. The van der Waals surface area contributed by atoms with Gasteiger partial charge < -0.3 is 15.8 Å². The van der Waals surface area contributed by atoms with Gasteiger partial charge in [0.25, 0.3) is 0 Å². The molecule has 22 heavy (non-hydrogen) atoms. The molecular weight excluding hydrogens is 280 g/mol. The molecule has 1 aromatic heterocycles. The number of rotatable bonds is 3. The van der Waals surface area contributed by atoms with Crippen LogP contribution in [0, 0.1) is 0 Å². The highest BCUT2D eigenvalue weighted by atomic mass is 16.6. The van der Waals surface area contributed by atoms with Crippen LogP contribution in [0.3, 0.4) is 0 Å². The summed E-state index contributed by atoms with van der Waals surface area (Å²) >= 11 is 0. The molecule has 1 amide bonds. The summed E-state index contributed by atoms with van der Waals surface area (Å²) in [7, 11) is 0. The molecule has 1 aromatic carbocycles. The van der Waals surface area contributed by atoms with Gasteiger partial charge in [-0.15, -0.1) is 0 Å². The fourth-order valence-corrected chi connectivity index (χ4v) is 1.72. The van der Waals surface area contributed by atoms with Gasteiger partial charge in [-0.3, -0.25) is 5.32 Å². The van der Waals surface area contributed by atoms with Gasteiger partial charge in [0, 0.05) is 17.6 Å². The minimum Gasteiger partial charge on any atom is -0.444 e. The molecule has 0 spiro atoms. The lowest BCUT2D eigenvalue weighted by Gasteiger charge is -2.19. The van der Waals surface area contributed by atoms with Crippen LogP contribution in [0.5, 0.6) is 0 Å². The van der Waals surface area contributed by atoms with Crippen LogP contribution in [0.15, 0.2) is 42.6 Å². The molecule has 0 aliphatic heterocycles. The van der Waals surface area contributed by atoms with Gasteiger partial charge in [-0.05, 0) is 57.2 Å². The molecule has 0 saturated carbocycles. The van der Waals surface area contributed by atoms with E-state index in [1.165, 1.54) is 0 Å². The molecule has 1 heterocycles. The second-order valence-electron chi connectivity index (χ2n) is 5.77. The molecule has 0 fully saturated rings. The number of nitrogens with one attached hydrogen (secondary N) is 2. The number of nitrogens with zero attached hydrogens (tertiary/aromatic N) is 1. The van der Waals surface area contributed by atoms with Crippen LogP contribution in [-0.4, -0.2) is 16.7 Å². The standard InChI is InChI=1S/C16H20N4O2/c1-16(2,3)22-15(21)20-12-8-6-11(7-9-12)19-14-13(17)5-4-10-18-14/h4-10H,17H2,1-3H3,(H,18,19)(H,20,21). The number of amides is 1. The number of carbonyl (C=O) groups excluding carboxylic acids is 1. The monoisotopic (exact) mass is 300 g/mol. The number of carbonyl (C=O) groups is 1. The predicted octanol–water partition coefficient (Wildman–Crippen LogP) is 3.75. The Morgan fingerprint density at radius 2 is 1.77 bits per heavy atom. The Morgan fingerprint density at radius 1 is 1.14 bits per heavy atom. The highest BCUT2D eigenvalue weighted by Crippen LogP contribution is 2.21. The van der Waals surface area contributed by atoms with E-state index in [0.717, 1.165) is 5.69 Å². The maximum atomic E-state index is 11.7. The Balaban J connectivity index is 1.99. The van der Waals surface area contributed by atoms with Crippen LogP contribution in [-0.2, 0) is 4.74 Å². The van der Waals surface area contributed by atoms with Crippen LogP contribution in [0.4, 0.5) is 27.7 Å². The number of pyridine rings is 1. The molecule has 0 saturated heterocycles. The Kier molecular flexibility index (Phi) is 4.50. The summed E-state index contributed by atoms with van der Waals surface area (Å²) in [6.45, 7) is 5.45. The number of aromatic nitrogens is 1. The van der Waals surface area contributed by atoms with Gasteiger partial charge in [-0.25, -0.2) is 9.78 Å². The first kappa shape index (κ1) is 15.6. The maximum Gasteiger partial charge on any atom is 0.412 e. The van der Waals surface area contributed by atoms with E-state index in [0.29, 0.717) is 17.2 Å². The van der Waals surface area contributed by atoms with Gasteiger partial charge >= 0.3 is 6.09 Å². The van der Waals surface area contributed by atoms with Crippen LogP contribution < -0.4 is 16.4 Å². The SMILES string of the molecule is CC(C)(C)OC(=O)Nc1ccc(Nc2ncccc2N)cc1. The summed E-state index contributed by atoms with van der Waals surface area (Å²) < 4.78 is 5.19. The number of nitrogens with two attached hydrogens (primary N) is 1. The van der Waals surface area contributed by atoms with Crippen molar-refractivity contribution < 1.29 is 9.53 Å². The molecule has 2 aromatic rings.